The second-order valence-corrected chi connectivity index (χ2v) is 12.1. The number of ether oxygens (including phenoxy) is 3. The number of carbonyl (C=O) groups is 4. The van der Waals surface area contributed by atoms with Gasteiger partial charge in [-0.25, -0.2) is 0 Å². The predicted molar refractivity (Wildman–Crippen MR) is 163 cm³/mol. The summed E-state index contributed by atoms with van der Waals surface area (Å²) in [4.78, 5) is 53.8. The Balaban J connectivity index is 2.54. The van der Waals surface area contributed by atoms with Crippen molar-refractivity contribution in [3.63, 3.8) is 0 Å². The predicted octanol–water partition coefficient (Wildman–Crippen LogP) is -0.547. The average Bonchev–Trinajstić information content (AvgIpc) is 2.90. The third-order valence-corrected chi connectivity index (χ3v) is 6.95. The molecule has 0 aromatic rings. The fourth-order valence-corrected chi connectivity index (χ4v) is 4.46. The summed E-state index contributed by atoms with van der Waals surface area (Å²) in [7, 11) is 0. The van der Waals surface area contributed by atoms with Gasteiger partial charge >= 0.3 is 17.9 Å². The number of amides is 1. The molecule has 0 saturated carbocycles. The fraction of sp³-hybridized carbons (Fsp3) is 0.862. The van der Waals surface area contributed by atoms with Gasteiger partial charge < -0.3 is 34.8 Å². The van der Waals surface area contributed by atoms with Crippen LogP contribution in [-0.4, -0.2) is 182 Å². The van der Waals surface area contributed by atoms with Crippen LogP contribution in [0.3, 0.4) is 0 Å². The van der Waals surface area contributed by atoms with Gasteiger partial charge in [0.05, 0.1) is 58.2 Å². The van der Waals surface area contributed by atoms with Crippen molar-refractivity contribution in [3.05, 3.63) is 0 Å². The maximum absolute atomic E-state index is 12.7. The standard InChI is InChI=1S/C29H55N5O10/c1-24(2)5-15-44-29(3,4)23-43-18-17-42-16-6-30-25(35)19-31-7-9-32(20-26(36)37)11-13-34(22-28(40)41)14-12-33(10-8-31)21-27(38)39/h24H,5-23H2,1-4H3,(H,30,35)(H,36,37)(H,38,39)(H,40,41). The number of hydrogen-bond donors (Lipinski definition) is 4. The van der Waals surface area contributed by atoms with Gasteiger partial charge in [-0.3, -0.25) is 38.8 Å². The van der Waals surface area contributed by atoms with Gasteiger partial charge in [0.15, 0.2) is 0 Å². The zero-order valence-electron chi connectivity index (χ0n) is 27.0. The maximum atomic E-state index is 12.7. The molecular formula is C29H55N5O10. The second kappa shape index (κ2) is 22.2. The van der Waals surface area contributed by atoms with E-state index in [0.29, 0.717) is 97.9 Å². The lowest BCUT2D eigenvalue weighted by Crippen LogP contribution is -2.50. The minimum absolute atomic E-state index is 0.0575. The van der Waals surface area contributed by atoms with Crippen LogP contribution in [0.15, 0.2) is 0 Å². The normalized spacial score (nSPS) is 17.2. The average molecular weight is 634 g/mol. The van der Waals surface area contributed by atoms with E-state index in [1.165, 1.54) is 0 Å². The number of hydrogen-bond acceptors (Lipinski definition) is 11. The summed E-state index contributed by atoms with van der Waals surface area (Å²) in [5, 5.41) is 30.8. The quantitative estimate of drug-likeness (QED) is 0.125. The molecule has 4 N–H and O–H groups in total. The second-order valence-electron chi connectivity index (χ2n) is 12.1. The van der Waals surface area contributed by atoms with E-state index >= 15 is 0 Å². The molecule has 256 valence electrons. The first-order chi connectivity index (χ1) is 20.8. The van der Waals surface area contributed by atoms with Gasteiger partial charge in [-0.1, -0.05) is 13.8 Å². The molecule has 0 atom stereocenters. The van der Waals surface area contributed by atoms with Crippen LogP contribution >= 0.6 is 0 Å². The first-order valence-electron chi connectivity index (χ1n) is 15.4. The van der Waals surface area contributed by atoms with Crippen LogP contribution in [0.5, 0.6) is 0 Å². The van der Waals surface area contributed by atoms with E-state index in [9.17, 15) is 34.5 Å². The largest absolute Gasteiger partial charge is 0.480 e. The van der Waals surface area contributed by atoms with E-state index in [0.717, 1.165) is 6.42 Å². The highest BCUT2D eigenvalue weighted by Gasteiger charge is 2.21. The SMILES string of the molecule is CC(C)CCOC(C)(C)COCCOCCNC(=O)CN1CCN(CC(=O)O)CCN(CC(=O)O)CCN(CC(=O)O)CC1. The zero-order chi connectivity index (χ0) is 33.0. The first-order valence-corrected chi connectivity index (χ1v) is 15.4. The van der Waals surface area contributed by atoms with Crippen LogP contribution < -0.4 is 5.32 Å². The van der Waals surface area contributed by atoms with E-state index < -0.39 is 17.9 Å². The van der Waals surface area contributed by atoms with Crippen LogP contribution in [0.25, 0.3) is 0 Å². The Kier molecular flexibility index (Phi) is 20.0. The molecule has 0 bridgehead atoms. The van der Waals surface area contributed by atoms with E-state index in [4.69, 9.17) is 14.2 Å². The topological polar surface area (TPSA) is 182 Å². The minimum Gasteiger partial charge on any atom is -0.480 e. The van der Waals surface area contributed by atoms with Crippen molar-refractivity contribution in [2.75, 3.05) is 118 Å². The van der Waals surface area contributed by atoms with E-state index in [2.05, 4.69) is 19.2 Å². The molecule has 0 radical (unpaired) electrons. The highest BCUT2D eigenvalue weighted by atomic mass is 16.6. The Morgan fingerprint density at radius 3 is 1.48 bits per heavy atom. The molecule has 1 amide bonds. The van der Waals surface area contributed by atoms with E-state index in [1.54, 1.807) is 14.7 Å². The van der Waals surface area contributed by atoms with Gasteiger partial charge in [0.2, 0.25) is 5.91 Å². The summed E-state index contributed by atoms with van der Waals surface area (Å²) in [5.74, 6) is -2.64. The van der Waals surface area contributed by atoms with Crippen LogP contribution in [0.4, 0.5) is 0 Å². The Hall–Kier alpha value is -2.40. The van der Waals surface area contributed by atoms with Gasteiger partial charge in [0.25, 0.3) is 0 Å². The third-order valence-electron chi connectivity index (χ3n) is 6.95. The molecule has 15 heteroatoms. The van der Waals surface area contributed by atoms with E-state index in [1.807, 2.05) is 18.7 Å². The molecule has 1 aliphatic heterocycles. The zero-order valence-corrected chi connectivity index (χ0v) is 27.0. The molecule has 1 saturated heterocycles. The Morgan fingerprint density at radius 1 is 0.659 bits per heavy atom. The fourth-order valence-electron chi connectivity index (χ4n) is 4.46. The van der Waals surface area contributed by atoms with Crippen molar-refractivity contribution in [2.45, 2.75) is 39.7 Å². The Bertz CT molecular complexity index is 828. The van der Waals surface area contributed by atoms with Crippen molar-refractivity contribution in [3.8, 4) is 0 Å². The van der Waals surface area contributed by atoms with Crippen LogP contribution in [-0.2, 0) is 33.4 Å². The molecule has 1 heterocycles. The molecule has 0 aromatic heterocycles. The van der Waals surface area contributed by atoms with E-state index in [-0.39, 0.29) is 37.7 Å². The van der Waals surface area contributed by atoms with Gasteiger partial charge in [-0.2, -0.15) is 0 Å². The maximum Gasteiger partial charge on any atom is 0.317 e. The molecule has 1 rings (SSSR count). The van der Waals surface area contributed by atoms with Gasteiger partial charge in [-0.15, -0.1) is 0 Å². The summed E-state index contributed by atoms with van der Waals surface area (Å²) in [5.41, 5.74) is -0.373. The molecule has 15 nitrogen and oxygen atoms in total. The Morgan fingerprint density at radius 2 is 1.07 bits per heavy atom. The number of carbonyl (C=O) groups excluding carboxylic acids is 1. The molecule has 0 spiro atoms. The number of carboxylic acid groups (broad SMARTS) is 3. The molecule has 0 aromatic carbocycles. The molecule has 0 unspecified atom stereocenters. The number of nitrogens with zero attached hydrogens (tertiary/aromatic N) is 4. The summed E-state index contributed by atoms with van der Waals surface area (Å²) in [6, 6.07) is 0. The number of aliphatic carboxylic acids is 3. The summed E-state index contributed by atoms with van der Waals surface area (Å²) < 4.78 is 17.1. The van der Waals surface area contributed by atoms with Crippen LogP contribution in [0, 0.1) is 5.92 Å². The molecular weight excluding hydrogens is 578 g/mol. The minimum atomic E-state index is -1.01. The number of nitrogens with one attached hydrogen (secondary N) is 1. The van der Waals surface area contributed by atoms with Crippen molar-refractivity contribution in [1.29, 1.82) is 0 Å². The lowest BCUT2D eigenvalue weighted by molar-refractivity contribution is -0.140. The van der Waals surface area contributed by atoms with Crippen LogP contribution in [0.1, 0.15) is 34.1 Å². The smallest absolute Gasteiger partial charge is 0.317 e. The van der Waals surface area contributed by atoms with Crippen molar-refractivity contribution >= 4 is 23.8 Å². The van der Waals surface area contributed by atoms with Crippen molar-refractivity contribution < 1.29 is 48.7 Å². The lowest BCUT2D eigenvalue weighted by Gasteiger charge is -2.32. The summed E-state index contributed by atoms with van der Waals surface area (Å²) >= 11 is 0. The summed E-state index contributed by atoms with van der Waals surface area (Å²) in [6.45, 7) is 13.0. The number of carboxylic acids is 3. The highest BCUT2D eigenvalue weighted by molar-refractivity contribution is 5.78. The molecule has 0 aliphatic carbocycles. The van der Waals surface area contributed by atoms with Gasteiger partial charge in [-0.05, 0) is 26.2 Å². The summed E-state index contributed by atoms with van der Waals surface area (Å²) in [6.07, 6.45) is 0.997. The lowest BCUT2D eigenvalue weighted by atomic mass is 10.1. The number of rotatable bonds is 20. The van der Waals surface area contributed by atoms with Gasteiger partial charge in [0.1, 0.15) is 0 Å². The van der Waals surface area contributed by atoms with Gasteiger partial charge in [0, 0.05) is 65.5 Å². The monoisotopic (exact) mass is 633 g/mol. The third kappa shape index (κ3) is 21.3. The molecule has 1 fully saturated rings. The highest BCUT2D eigenvalue weighted by Crippen LogP contribution is 2.12. The molecule has 1 aliphatic rings. The van der Waals surface area contributed by atoms with Crippen LogP contribution in [0.2, 0.25) is 0 Å². The van der Waals surface area contributed by atoms with Crippen molar-refractivity contribution in [1.82, 2.24) is 24.9 Å². The molecule has 44 heavy (non-hydrogen) atoms. The first kappa shape index (κ1) is 39.6. The Labute approximate surface area is 261 Å². The van der Waals surface area contributed by atoms with Crippen molar-refractivity contribution in [2.24, 2.45) is 5.92 Å².